The van der Waals surface area contributed by atoms with E-state index in [2.05, 4.69) is 5.32 Å². The number of anilines is 1. The van der Waals surface area contributed by atoms with E-state index in [0.717, 1.165) is 5.69 Å². The molecule has 0 radical (unpaired) electrons. The van der Waals surface area contributed by atoms with Crippen molar-refractivity contribution < 1.29 is 13.5 Å². The van der Waals surface area contributed by atoms with Crippen LogP contribution >= 0.6 is 0 Å². The second-order valence-electron chi connectivity index (χ2n) is 4.25. The highest BCUT2D eigenvalue weighted by Gasteiger charge is 2.12. The van der Waals surface area contributed by atoms with Gasteiger partial charge in [0.25, 0.3) is 0 Å². The molecule has 0 amide bonds. The van der Waals surface area contributed by atoms with Crippen LogP contribution in [-0.2, 0) is 10.0 Å². The Labute approximate surface area is 102 Å². The molecule has 0 spiro atoms. The predicted octanol–water partition coefficient (Wildman–Crippen LogP) is 0.763. The van der Waals surface area contributed by atoms with Gasteiger partial charge in [0.1, 0.15) is 0 Å². The first kappa shape index (κ1) is 14.0. The Morgan fingerprint density at radius 1 is 1.29 bits per heavy atom. The third-order valence-electron chi connectivity index (χ3n) is 2.54. The van der Waals surface area contributed by atoms with Gasteiger partial charge in [-0.15, -0.1) is 0 Å². The van der Waals surface area contributed by atoms with Gasteiger partial charge in [-0.1, -0.05) is 13.8 Å². The van der Waals surface area contributed by atoms with Gasteiger partial charge in [0.05, 0.1) is 17.5 Å². The highest BCUT2D eigenvalue weighted by atomic mass is 32.2. The Morgan fingerprint density at radius 2 is 1.82 bits per heavy atom. The lowest BCUT2D eigenvalue weighted by Crippen LogP contribution is -2.29. The summed E-state index contributed by atoms with van der Waals surface area (Å²) < 4.78 is 22.1. The fourth-order valence-electron chi connectivity index (χ4n) is 1.38. The zero-order valence-corrected chi connectivity index (χ0v) is 10.7. The van der Waals surface area contributed by atoms with Gasteiger partial charge in [-0.3, -0.25) is 0 Å². The van der Waals surface area contributed by atoms with Crippen LogP contribution < -0.4 is 10.5 Å². The van der Waals surface area contributed by atoms with Gasteiger partial charge in [0.15, 0.2) is 0 Å². The SMILES string of the molecule is CC(C)C(CO)Nc1ccc(S(N)(=O)=O)cc1. The second-order valence-corrected chi connectivity index (χ2v) is 5.81. The lowest BCUT2D eigenvalue weighted by Gasteiger charge is -2.21. The van der Waals surface area contributed by atoms with Gasteiger partial charge in [0.2, 0.25) is 10.0 Å². The molecule has 1 aromatic carbocycles. The van der Waals surface area contributed by atoms with E-state index in [1.807, 2.05) is 13.8 Å². The molecule has 5 nitrogen and oxygen atoms in total. The zero-order valence-electron chi connectivity index (χ0n) is 9.92. The molecule has 0 saturated carbocycles. The largest absolute Gasteiger partial charge is 0.394 e. The molecular formula is C11H18N2O3S. The Kier molecular flexibility index (Phi) is 4.50. The second kappa shape index (κ2) is 5.48. The highest BCUT2D eigenvalue weighted by molar-refractivity contribution is 7.89. The van der Waals surface area contributed by atoms with Crippen molar-refractivity contribution in [1.82, 2.24) is 0 Å². The van der Waals surface area contributed by atoms with Crippen LogP contribution in [0, 0.1) is 5.92 Å². The molecule has 4 N–H and O–H groups in total. The normalized spacial score (nSPS) is 13.7. The third-order valence-corrected chi connectivity index (χ3v) is 3.47. The summed E-state index contributed by atoms with van der Waals surface area (Å²) >= 11 is 0. The topological polar surface area (TPSA) is 92.4 Å². The lowest BCUT2D eigenvalue weighted by molar-refractivity contribution is 0.249. The zero-order chi connectivity index (χ0) is 13.1. The number of nitrogens with two attached hydrogens (primary N) is 1. The number of primary sulfonamides is 1. The number of aliphatic hydroxyl groups is 1. The van der Waals surface area contributed by atoms with E-state index in [9.17, 15) is 8.42 Å². The van der Waals surface area contributed by atoms with Crippen molar-refractivity contribution in [2.24, 2.45) is 11.1 Å². The van der Waals surface area contributed by atoms with Crippen LogP contribution in [-0.4, -0.2) is 26.2 Å². The van der Waals surface area contributed by atoms with Gasteiger partial charge in [0, 0.05) is 5.69 Å². The Balaban J connectivity index is 2.82. The molecule has 0 aliphatic rings. The molecule has 0 bridgehead atoms. The quantitative estimate of drug-likeness (QED) is 0.727. The standard InChI is InChI=1S/C11H18N2O3S/c1-8(2)11(7-14)13-9-3-5-10(6-4-9)17(12,15)16/h3-6,8,11,13-14H,7H2,1-2H3,(H2,12,15,16). The number of benzene rings is 1. The molecule has 1 unspecified atom stereocenters. The fraction of sp³-hybridized carbons (Fsp3) is 0.455. The molecule has 6 heteroatoms. The van der Waals surface area contributed by atoms with E-state index < -0.39 is 10.0 Å². The van der Waals surface area contributed by atoms with E-state index in [1.165, 1.54) is 12.1 Å². The number of sulfonamides is 1. The minimum atomic E-state index is -3.65. The minimum absolute atomic E-state index is 0.0224. The monoisotopic (exact) mass is 258 g/mol. The van der Waals surface area contributed by atoms with Gasteiger partial charge in [-0.2, -0.15) is 0 Å². The van der Waals surface area contributed by atoms with Crippen molar-refractivity contribution in [2.75, 3.05) is 11.9 Å². The summed E-state index contributed by atoms with van der Waals surface area (Å²) in [5.41, 5.74) is 0.755. The van der Waals surface area contributed by atoms with Gasteiger partial charge in [-0.25, -0.2) is 13.6 Å². The number of aliphatic hydroxyl groups excluding tert-OH is 1. The summed E-state index contributed by atoms with van der Waals surface area (Å²) in [5, 5.41) is 17.3. The molecule has 1 rings (SSSR count). The van der Waals surface area contributed by atoms with Crippen LogP contribution in [0.15, 0.2) is 29.2 Å². The van der Waals surface area contributed by atoms with Crippen LogP contribution in [0.25, 0.3) is 0 Å². The molecule has 0 aliphatic carbocycles. The fourth-order valence-corrected chi connectivity index (χ4v) is 1.89. The van der Waals surface area contributed by atoms with Gasteiger partial charge in [-0.05, 0) is 30.2 Å². The van der Waals surface area contributed by atoms with Crippen molar-refractivity contribution in [3.8, 4) is 0 Å². The maximum Gasteiger partial charge on any atom is 0.238 e. The van der Waals surface area contributed by atoms with E-state index >= 15 is 0 Å². The van der Waals surface area contributed by atoms with Crippen molar-refractivity contribution in [1.29, 1.82) is 0 Å². The first-order valence-electron chi connectivity index (χ1n) is 5.35. The smallest absolute Gasteiger partial charge is 0.238 e. The van der Waals surface area contributed by atoms with E-state index in [-0.39, 0.29) is 23.5 Å². The number of rotatable bonds is 5. The number of hydrogen-bond acceptors (Lipinski definition) is 4. The summed E-state index contributed by atoms with van der Waals surface area (Å²) in [6.07, 6.45) is 0. The van der Waals surface area contributed by atoms with Crippen LogP contribution in [0.5, 0.6) is 0 Å². The average Bonchev–Trinajstić information content (AvgIpc) is 2.25. The Bertz CT molecular complexity index is 454. The molecule has 96 valence electrons. The van der Waals surface area contributed by atoms with Gasteiger partial charge >= 0.3 is 0 Å². The Morgan fingerprint density at radius 3 is 2.18 bits per heavy atom. The molecule has 1 atom stereocenters. The maximum atomic E-state index is 11.0. The van der Waals surface area contributed by atoms with Crippen molar-refractivity contribution in [3.05, 3.63) is 24.3 Å². The molecule has 0 aliphatic heterocycles. The molecule has 0 saturated heterocycles. The van der Waals surface area contributed by atoms with Crippen LogP contribution in [0.3, 0.4) is 0 Å². The van der Waals surface area contributed by atoms with E-state index in [1.54, 1.807) is 12.1 Å². The highest BCUT2D eigenvalue weighted by Crippen LogP contribution is 2.15. The van der Waals surface area contributed by atoms with Gasteiger partial charge < -0.3 is 10.4 Å². The molecule has 0 fully saturated rings. The summed E-state index contributed by atoms with van der Waals surface area (Å²) in [6, 6.07) is 6.07. The first-order valence-corrected chi connectivity index (χ1v) is 6.89. The summed E-state index contributed by atoms with van der Waals surface area (Å²) in [4.78, 5) is 0.0770. The third kappa shape index (κ3) is 3.99. The first-order chi connectivity index (χ1) is 7.84. The number of nitrogens with one attached hydrogen (secondary N) is 1. The summed E-state index contributed by atoms with van der Waals surface area (Å²) in [7, 11) is -3.65. The van der Waals surface area contributed by atoms with Crippen molar-refractivity contribution in [2.45, 2.75) is 24.8 Å². The molecule has 1 aromatic rings. The lowest BCUT2D eigenvalue weighted by atomic mass is 10.1. The van der Waals surface area contributed by atoms with Crippen LogP contribution in [0.1, 0.15) is 13.8 Å². The van der Waals surface area contributed by atoms with Crippen LogP contribution in [0.2, 0.25) is 0 Å². The van der Waals surface area contributed by atoms with Crippen molar-refractivity contribution in [3.63, 3.8) is 0 Å². The Hall–Kier alpha value is -1.11. The molecule has 17 heavy (non-hydrogen) atoms. The predicted molar refractivity (Wildman–Crippen MR) is 67.1 cm³/mol. The minimum Gasteiger partial charge on any atom is -0.394 e. The molecule has 0 heterocycles. The summed E-state index contributed by atoms with van der Waals surface area (Å²) in [5.74, 6) is 0.276. The van der Waals surface area contributed by atoms with E-state index in [0.29, 0.717) is 0 Å². The van der Waals surface area contributed by atoms with Crippen LogP contribution in [0.4, 0.5) is 5.69 Å². The average molecular weight is 258 g/mol. The summed E-state index contributed by atoms with van der Waals surface area (Å²) in [6.45, 7) is 4.01. The van der Waals surface area contributed by atoms with E-state index in [4.69, 9.17) is 10.2 Å². The van der Waals surface area contributed by atoms with Crippen molar-refractivity contribution >= 4 is 15.7 Å². The number of hydrogen-bond donors (Lipinski definition) is 3. The molecule has 0 aromatic heterocycles. The maximum absolute atomic E-state index is 11.0. The molecular weight excluding hydrogens is 240 g/mol.